The summed E-state index contributed by atoms with van der Waals surface area (Å²) in [5.74, 6) is -5.02. The second kappa shape index (κ2) is 14.2. The van der Waals surface area contributed by atoms with Crippen molar-refractivity contribution in [1.82, 2.24) is 20.3 Å². The van der Waals surface area contributed by atoms with Crippen molar-refractivity contribution in [3.8, 4) is 0 Å². The van der Waals surface area contributed by atoms with Crippen molar-refractivity contribution in [1.29, 1.82) is 0 Å². The van der Waals surface area contributed by atoms with Gasteiger partial charge in [0.25, 0.3) is 5.91 Å². The van der Waals surface area contributed by atoms with Gasteiger partial charge in [-0.15, -0.1) is 0 Å². The molecule has 40 heavy (non-hydrogen) atoms. The van der Waals surface area contributed by atoms with E-state index in [2.05, 4.69) is 20.6 Å². The molecule has 0 atom stereocenters. The zero-order valence-corrected chi connectivity index (χ0v) is 21.2. The number of carbonyl (C=O) groups excluding carboxylic acids is 1. The Morgan fingerprint density at radius 3 is 1.85 bits per heavy atom. The average molecular weight is 586 g/mol. The second-order valence-corrected chi connectivity index (χ2v) is 8.16. The van der Waals surface area contributed by atoms with Crippen molar-refractivity contribution in [2.24, 2.45) is 0 Å². The number of alkyl halides is 6. The molecule has 0 saturated carbocycles. The maximum atomic E-state index is 13.1. The van der Waals surface area contributed by atoms with E-state index in [1.165, 1.54) is 12.4 Å². The predicted octanol–water partition coefficient (Wildman–Crippen LogP) is 3.06. The first-order valence-corrected chi connectivity index (χ1v) is 11.2. The Labute approximate surface area is 222 Å². The first kappa shape index (κ1) is 33.8. The molecule has 4 N–H and O–H groups in total. The van der Waals surface area contributed by atoms with Gasteiger partial charge in [-0.25, -0.2) is 28.9 Å². The number of aliphatic carboxylic acids is 2. The highest BCUT2D eigenvalue weighted by Gasteiger charge is 2.38. The molecule has 3 rings (SSSR count). The molecule has 0 fully saturated rings. The van der Waals surface area contributed by atoms with E-state index in [1.807, 2.05) is 24.8 Å². The van der Waals surface area contributed by atoms with Crippen LogP contribution >= 0.6 is 0 Å². The summed E-state index contributed by atoms with van der Waals surface area (Å²) in [6.07, 6.45) is -6.40. The molecule has 18 heteroatoms. The summed E-state index contributed by atoms with van der Waals surface area (Å²) in [5.41, 5.74) is 2.55. The van der Waals surface area contributed by atoms with Gasteiger partial charge in [0.1, 0.15) is 5.82 Å². The number of aromatic nitrogens is 3. The summed E-state index contributed by atoms with van der Waals surface area (Å²) < 4.78 is 76.5. The molecule has 0 aliphatic carbocycles. The van der Waals surface area contributed by atoms with E-state index in [-0.39, 0.29) is 11.9 Å². The van der Waals surface area contributed by atoms with E-state index >= 15 is 0 Å². The summed E-state index contributed by atoms with van der Waals surface area (Å²) in [7, 11) is 1.61. The average Bonchev–Trinajstić information content (AvgIpc) is 3.05. The van der Waals surface area contributed by atoms with Crippen LogP contribution in [0.4, 0.5) is 42.5 Å². The number of carboxylic acids is 2. The lowest BCUT2D eigenvalue weighted by atomic mass is 10.0. The molecular weight excluding hydrogens is 561 g/mol. The molecule has 0 unspecified atom stereocenters. The van der Waals surface area contributed by atoms with Crippen LogP contribution in [-0.2, 0) is 22.4 Å². The zero-order chi connectivity index (χ0) is 30.8. The number of halogens is 7. The highest BCUT2D eigenvalue weighted by molar-refractivity contribution is 5.98. The molecule has 1 aliphatic heterocycles. The highest BCUT2D eigenvalue weighted by atomic mass is 19.4. The van der Waals surface area contributed by atoms with E-state index in [9.17, 15) is 35.5 Å². The minimum absolute atomic E-state index is 0.161. The quantitative estimate of drug-likeness (QED) is 0.393. The molecule has 1 amide bonds. The lowest BCUT2D eigenvalue weighted by molar-refractivity contribution is -0.193. The second-order valence-electron chi connectivity index (χ2n) is 8.16. The summed E-state index contributed by atoms with van der Waals surface area (Å²) in [4.78, 5) is 44.9. The zero-order valence-electron chi connectivity index (χ0n) is 21.2. The molecule has 222 valence electrons. The molecule has 2 aromatic heterocycles. The van der Waals surface area contributed by atoms with Crippen LogP contribution in [-0.4, -0.2) is 81.5 Å². The lowest BCUT2D eigenvalue weighted by Crippen LogP contribution is -2.27. The number of rotatable bonds is 4. The van der Waals surface area contributed by atoms with Crippen LogP contribution < -0.4 is 15.5 Å². The molecule has 3 heterocycles. The third kappa shape index (κ3) is 10.9. The van der Waals surface area contributed by atoms with Crippen LogP contribution in [0.5, 0.6) is 0 Å². The lowest BCUT2D eigenvalue weighted by Gasteiger charge is -2.19. The van der Waals surface area contributed by atoms with E-state index in [0.29, 0.717) is 36.8 Å². The topological polar surface area (TPSA) is 158 Å². The number of hydrogen-bond acceptors (Lipinski definition) is 8. The normalized spacial score (nSPS) is 13.0. The van der Waals surface area contributed by atoms with Crippen molar-refractivity contribution >= 4 is 29.6 Å². The Morgan fingerprint density at radius 1 is 0.950 bits per heavy atom. The van der Waals surface area contributed by atoms with Crippen molar-refractivity contribution in [3.63, 3.8) is 0 Å². The maximum absolute atomic E-state index is 13.1. The minimum Gasteiger partial charge on any atom is -0.475 e. The standard InChI is InChI=1S/C18H23FN6O.2C2HF3O2/c1-11(2)23-16-14(17(26)20-3)8-12-4-6-25(7-5-15(12)24-16)18-21-9-13(19)10-22-18;2*3-2(4,5)1(6)7/h8-11H,4-7H2,1-3H3,(H,20,26)(H,23,24);2*(H,6,7). The highest BCUT2D eigenvalue weighted by Crippen LogP contribution is 2.23. The third-order valence-electron chi connectivity index (χ3n) is 4.73. The summed E-state index contributed by atoms with van der Waals surface area (Å²) in [6.45, 7) is 5.39. The van der Waals surface area contributed by atoms with E-state index in [0.717, 1.165) is 17.7 Å². The fraction of sp³-hybridized carbons (Fsp3) is 0.455. The first-order chi connectivity index (χ1) is 18.4. The van der Waals surface area contributed by atoms with Gasteiger partial charge < -0.3 is 25.7 Å². The molecule has 0 spiro atoms. The molecule has 0 saturated heterocycles. The Hall–Kier alpha value is -4.25. The first-order valence-electron chi connectivity index (χ1n) is 11.2. The number of anilines is 2. The molecule has 0 radical (unpaired) electrons. The molecule has 1 aliphatic rings. The number of hydrogen-bond donors (Lipinski definition) is 4. The Morgan fingerprint density at radius 2 is 1.43 bits per heavy atom. The van der Waals surface area contributed by atoms with Crippen molar-refractivity contribution in [3.05, 3.63) is 41.1 Å². The van der Waals surface area contributed by atoms with Gasteiger partial charge in [-0.2, -0.15) is 26.3 Å². The van der Waals surface area contributed by atoms with Gasteiger partial charge in [-0.05, 0) is 31.9 Å². The fourth-order valence-corrected chi connectivity index (χ4v) is 2.99. The number of carbonyl (C=O) groups is 3. The van der Waals surface area contributed by atoms with Gasteiger partial charge in [0.2, 0.25) is 5.95 Å². The van der Waals surface area contributed by atoms with E-state index < -0.39 is 30.1 Å². The van der Waals surface area contributed by atoms with Crippen LogP contribution in [0, 0.1) is 5.82 Å². The van der Waals surface area contributed by atoms with Crippen LogP contribution in [0.15, 0.2) is 18.5 Å². The van der Waals surface area contributed by atoms with Crippen LogP contribution in [0.25, 0.3) is 0 Å². The maximum Gasteiger partial charge on any atom is 0.490 e. The van der Waals surface area contributed by atoms with Crippen molar-refractivity contribution < 1.29 is 55.3 Å². The number of amides is 1. The molecule has 11 nitrogen and oxygen atoms in total. The largest absolute Gasteiger partial charge is 0.490 e. The van der Waals surface area contributed by atoms with Crippen LogP contribution in [0.3, 0.4) is 0 Å². The molecular formula is C22H25F7N6O5. The summed E-state index contributed by atoms with van der Waals surface area (Å²) in [5, 5.41) is 20.2. The number of carboxylic acid groups (broad SMARTS) is 2. The van der Waals surface area contributed by atoms with Gasteiger partial charge in [-0.1, -0.05) is 0 Å². The van der Waals surface area contributed by atoms with Gasteiger partial charge >= 0.3 is 24.3 Å². The Kier molecular flexibility index (Phi) is 12.0. The van der Waals surface area contributed by atoms with E-state index in [4.69, 9.17) is 24.8 Å². The Balaban J connectivity index is 0.000000473. The number of nitrogens with zero attached hydrogens (tertiary/aromatic N) is 4. The minimum atomic E-state index is -5.08. The third-order valence-corrected chi connectivity index (χ3v) is 4.73. The smallest absolute Gasteiger partial charge is 0.475 e. The monoisotopic (exact) mass is 586 g/mol. The van der Waals surface area contributed by atoms with Gasteiger partial charge in [-0.3, -0.25) is 4.79 Å². The summed E-state index contributed by atoms with van der Waals surface area (Å²) >= 11 is 0. The Bertz CT molecular complexity index is 1150. The van der Waals surface area contributed by atoms with Crippen LogP contribution in [0.2, 0.25) is 0 Å². The fourth-order valence-electron chi connectivity index (χ4n) is 2.99. The molecule has 0 bridgehead atoms. The SMILES string of the molecule is CNC(=O)c1cc2c(nc1NC(C)C)CCN(c1ncc(F)cn1)CC2.O=C(O)C(F)(F)F.O=C(O)C(F)(F)F. The number of nitrogens with one attached hydrogen (secondary N) is 2. The van der Waals surface area contributed by atoms with Gasteiger partial charge in [0, 0.05) is 38.3 Å². The summed E-state index contributed by atoms with van der Waals surface area (Å²) in [6, 6.07) is 2.08. The number of fused-ring (bicyclic) bond motifs is 1. The van der Waals surface area contributed by atoms with E-state index in [1.54, 1.807) is 7.05 Å². The van der Waals surface area contributed by atoms with Crippen molar-refractivity contribution in [2.45, 2.75) is 45.1 Å². The number of pyridine rings is 1. The molecule has 0 aromatic carbocycles. The molecule has 2 aromatic rings. The van der Waals surface area contributed by atoms with Gasteiger partial charge in [0.15, 0.2) is 5.82 Å². The van der Waals surface area contributed by atoms with Gasteiger partial charge in [0.05, 0.1) is 18.0 Å². The van der Waals surface area contributed by atoms with Crippen molar-refractivity contribution in [2.75, 3.05) is 30.4 Å². The van der Waals surface area contributed by atoms with Crippen LogP contribution in [0.1, 0.15) is 35.5 Å². The predicted molar refractivity (Wildman–Crippen MR) is 125 cm³/mol.